The van der Waals surface area contributed by atoms with Crippen LogP contribution in [0.1, 0.15) is 66.7 Å². The zero-order valence-corrected chi connectivity index (χ0v) is 20.8. The second-order valence-corrected chi connectivity index (χ2v) is 8.04. The van der Waals surface area contributed by atoms with Crippen LogP contribution in [0.2, 0.25) is 0 Å². The second-order valence-electron chi connectivity index (χ2n) is 8.04. The molecule has 0 unspecified atom stereocenters. The summed E-state index contributed by atoms with van der Waals surface area (Å²) < 4.78 is 4.95. The average molecular weight is 409 g/mol. The van der Waals surface area contributed by atoms with Crippen LogP contribution in [-0.4, -0.2) is 18.5 Å². The van der Waals surface area contributed by atoms with Gasteiger partial charge >= 0.3 is 35.5 Å². The van der Waals surface area contributed by atoms with Crippen molar-refractivity contribution in [3.63, 3.8) is 0 Å². The first kappa shape index (κ1) is 27.6. The van der Waals surface area contributed by atoms with Crippen LogP contribution in [0, 0.1) is 5.41 Å². The number of allylic oxidation sites excluding steroid dienone is 9. The van der Waals surface area contributed by atoms with Gasteiger partial charge in [0.25, 0.3) is 0 Å². The molecule has 0 saturated heterocycles. The molecule has 0 fully saturated rings. The van der Waals surface area contributed by atoms with E-state index in [2.05, 4.69) is 39.8 Å². The van der Waals surface area contributed by atoms with Gasteiger partial charge in [-0.05, 0) is 63.5 Å². The Morgan fingerprint density at radius 2 is 1.83 bits per heavy atom. The maximum absolute atomic E-state index is 11.3. The van der Waals surface area contributed by atoms with E-state index in [4.69, 9.17) is 4.74 Å². The van der Waals surface area contributed by atoms with Gasteiger partial charge in [-0.1, -0.05) is 60.9 Å². The molecule has 1 rings (SSSR count). The standard InChI is InChI=1S/C24H34O4.Na/c1-18(11-12-21-20(3)10-7-16-24(21,4)5)8-6-9-19(2)15-17-28-23(27)14-13-22(25)26;/h6,8-9,11-12,15H,7,10,13-14,16-17H2,1-5H3,(H,25,26);/q;+1/p-1/b9-6+,12-11+,18-8+,19-15+;. The van der Waals surface area contributed by atoms with Crippen LogP contribution >= 0.6 is 0 Å². The molecule has 0 bridgehead atoms. The topological polar surface area (TPSA) is 66.4 Å². The quantitative estimate of drug-likeness (QED) is 0.330. The fourth-order valence-electron chi connectivity index (χ4n) is 3.24. The number of hydrogen-bond acceptors (Lipinski definition) is 4. The summed E-state index contributed by atoms with van der Waals surface area (Å²) in [7, 11) is 0. The van der Waals surface area contributed by atoms with E-state index in [1.165, 1.54) is 36.0 Å². The molecule has 0 heterocycles. The molecule has 154 valence electrons. The SMILES string of the molecule is CC1=C(/C=C/C(C)=C/C=C/C(C)=C/COC(=O)CCC(=O)[O-])C(C)(C)CCC1.[Na+]. The minimum absolute atomic E-state index is 0. The number of esters is 1. The third-order valence-electron chi connectivity index (χ3n) is 4.96. The Balaban J connectivity index is 0.00000784. The van der Waals surface area contributed by atoms with Crippen molar-refractivity contribution in [2.75, 3.05) is 6.61 Å². The number of aliphatic carboxylic acids is 1. The molecule has 1 aliphatic rings. The predicted octanol–water partition coefficient (Wildman–Crippen LogP) is 1.60. The largest absolute Gasteiger partial charge is 1.00 e. The van der Waals surface area contributed by atoms with Crippen LogP contribution in [0.4, 0.5) is 0 Å². The van der Waals surface area contributed by atoms with E-state index in [1.54, 1.807) is 6.08 Å². The zero-order valence-electron chi connectivity index (χ0n) is 18.8. The molecule has 4 nitrogen and oxygen atoms in total. The first-order valence-corrected chi connectivity index (χ1v) is 9.87. The summed E-state index contributed by atoms with van der Waals surface area (Å²) in [6.07, 6.45) is 15.4. The number of carboxylic acid groups (broad SMARTS) is 1. The molecule has 0 aromatic heterocycles. The van der Waals surface area contributed by atoms with Crippen LogP contribution in [0.25, 0.3) is 0 Å². The van der Waals surface area contributed by atoms with E-state index in [0.29, 0.717) is 0 Å². The Hall–Kier alpha value is -1.36. The Kier molecular flexibility index (Phi) is 13.1. The molecular formula is C24H33NaO4. The maximum Gasteiger partial charge on any atom is 1.00 e. The number of hydrogen-bond donors (Lipinski definition) is 0. The molecule has 0 atom stereocenters. The number of carboxylic acids is 1. The van der Waals surface area contributed by atoms with Crippen molar-refractivity contribution in [1.29, 1.82) is 0 Å². The van der Waals surface area contributed by atoms with Crippen molar-refractivity contribution in [3.8, 4) is 0 Å². The van der Waals surface area contributed by atoms with Gasteiger partial charge in [-0.15, -0.1) is 0 Å². The van der Waals surface area contributed by atoms with E-state index in [0.717, 1.165) is 5.57 Å². The molecule has 0 N–H and O–H groups in total. The van der Waals surface area contributed by atoms with Gasteiger partial charge in [0, 0.05) is 5.97 Å². The normalized spacial score (nSPS) is 17.6. The van der Waals surface area contributed by atoms with Gasteiger partial charge in [0.05, 0.1) is 6.42 Å². The molecular weight excluding hydrogens is 375 g/mol. The first-order chi connectivity index (χ1) is 13.1. The molecule has 0 radical (unpaired) electrons. The van der Waals surface area contributed by atoms with E-state index in [1.807, 2.05) is 25.2 Å². The van der Waals surface area contributed by atoms with Crippen LogP contribution in [0.15, 0.2) is 58.7 Å². The van der Waals surface area contributed by atoms with Crippen molar-refractivity contribution in [1.82, 2.24) is 0 Å². The predicted molar refractivity (Wildman–Crippen MR) is 111 cm³/mol. The van der Waals surface area contributed by atoms with Crippen LogP contribution < -0.4 is 34.7 Å². The molecule has 0 spiro atoms. The van der Waals surface area contributed by atoms with E-state index in [9.17, 15) is 14.7 Å². The van der Waals surface area contributed by atoms with Crippen LogP contribution in [0.5, 0.6) is 0 Å². The molecule has 0 amide bonds. The molecule has 0 aromatic carbocycles. The summed E-state index contributed by atoms with van der Waals surface area (Å²) >= 11 is 0. The number of ether oxygens (including phenoxy) is 1. The van der Waals surface area contributed by atoms with E-state index in [-0.39, 0.29) is 54.4 Å². The van der Waals surface area contributed by atoms with Gasteiger partial charge in [0.15, 0.2) is 0 Å². The Bertz CT molecular complexity index is 721. The molecule has 0 saturated carbocycles. The Morgan fingerprint density at radius 1 is 1.14 bits per heavy atom. The fraction of sp³-hybridized carbons (Fsp3) is 0.500. The fourth-order valence-corrected chi connectivity index (χ4v) is 3.24. The van der Waals surface area contributed by atoms with Gasteiger partial charge < -0.3 is 14.6 Å². The van der Waals surface area contributed by atoms with Crippen molar-refractivity contribution in [2.24, 2.45) is 5.41 Å². The number of carbonyl (C=O) groups is 2. The smallest absolute Gasteiger partial charge is 0.550 e. The minimum atomic E-state index is -1.25. The third kappa shape index (κ3) is 11.4. The average Bonchev–Trinajstić information content (AvgIpc) is 2.59. The Morgan fingerprint density at radius 3 is 2.45 bits per heavy atom. The van der Waals surface area contributed by atoms with Gasteiger partial charge in [-0.25, -0.2) is 0 Å². The van der Waals surface area contributed by atoms with E-state index < -0.39 is 11.9 Å². The summed E-state index contributed by atoms with van der Waals surface area (Å²) in [6, 6.07) is 0. The number of carbonyl (C=O) groups excluding carboxylic acids is 2. The van der Waals surface area contributed by atoms with E-state index >= 15 is 0 Å². The van der Waals surface area contributed by atoms with Crippen LogP contribution in [-0.2, 0) is 14.3 Å². The summed E-state index contributed by atoms with van der Waals surface area (Å²) in [5.41, 5.74) is 5.31. The summed E-state index contributed by atoms with van der Waals surface area (Å²) in [5, 5.41) is 10.3. The van der Waals surface area contributed by atoms with Gasteiger partial charge in [-0.2, -0.15) is 0 Å². The second kappa shape index (κ2) is 13.8. The summed E-state index contributed by atoms with van der Waals surface area (Å²) in [5.74, 6) is -1.78. The summed E-state index contributed by atoms with van der Waals surface area (Å²) in [4.78, 5) is 21.6. The minimum Gasteiger partial charge on any atom is -0.550 e. The van der Waals surface area contributed by atoms with Gasteiger partial charge in [0.2, 0.25) is 0 Å². The first-order valence-electron chi connectivity index (χ1n) is 9.87. The van der Waals surface area contributed by atoms with Crippen LogP contribution in [0.3, 0.4) is 0 Å². The third-order valence-corrected chi connectivity index (χ3v) is 4.96. The van der Waals surface area contributed by atoms with Crippen molar-refractivity contribution < 1.29 is 49.0 Å². The molecule has 0 aromatic rings. The Labute approximate surface area is 197 Å². The molecule has 5 heteroatoms. The maximum atomic E-state index is 11.3. The zero-order chi connectivity index (χ0) is 21.2. The van der Waals surface area contributed by atoms with Gasteiger partial charge in [0.1, 0.15) is 6.61 Å². The monoisotopic (exact) mass is 408 g/mol. The van der Waals surface area contributed by atoms with Crippen molar-refractivity contribution >= 4 is 11.9 Å². The number of rotatable bonds is 9. The van der Waals surface area contributed by atoms with Gasteiger partial charge in [-0.3, -0.25) is 4.79 Å². The summed E-state index contributed by atoms with van der Waals surface area (Å²) in [6.45, 7) is 11.0. The molecule has 0 aliphatic heterocycles. The molecule has 1 aliphatic carbocycles. The van der Waals surface area contributed by atoms with Crippen molar-refractivity contribution in [3.05, 3.63) is 58.7 Å². The van der Waals surface area contributed by atoms with Crippen molar-refractivity contribution in [2.45, 2.75) is 66.7 Å². The molecule has 29 heavy (non-hydrogen) atoms.